The van der Waals surface area contributed by atoms with E-state index in [2.05, 4.69) is 5.32 Å². The molecule has 2 amide bonds. The zero-order chi connectivity index (χ0) is 17.4. The van der Waals surface area contributed by atoms with Gasteiger partial charge in [-0.2, -0.15) is 0 Å². The molecule has 0 unspecified atom stereocenters. The van der Waals surface area contributed by atoms with Gasteiger partial charge in [-0.3, -0.25) is 9.59 Å². The maximum atomic E-state index is 12.7. The fourth-order valence-corrected chi connectivity index (χ4v) is 2.12. The van der Waals surface area contributed by atoms with Crippen molar-refractivity contribution in [2.24, 2.45) is 5.73 Å². The van der Waals surface area contributed by atoms with Crippen LogP contribution in [0.25, 0.3) is 0 Å². The molecule has 0 aromatic heterocycles. The third-order valence-electron chi connectivity index (χ3n) is 3.52. The van der Waals surface area contributed by atoms with Gasteiger partial charge in [-0.15, -0.1) is 0 Å². The summed E-state index contributed by atoms with van der Waals surface area (Å²) in [5, 5.41) is 3.04. The number of hydrogen-bond donors (Lipinski definition) is 2. The molecule has 0 aliphatic rings. The van der Waals surface area contributed by atoms with E-state index in [0.29, 0.717) is 35.9 Å². The summed E-state index contributed by atoms with van der Waals surface area (Å²) in [6, 6.07) is 4.64. The van der Waals surface area contributed by atoms with Crippen molar-refractivity contribution in [1.29, 1.82) is 0 Å². The Labute approximate surface area is 141 Å². The second-order valence-electron chi connectivity index (χ2n) is 5.27. The van der Waals surface area contributed by atoms with Gasteiger partial charge in [0.05, 0.1) is 12.2 Å². The van der Waals surface area contributed by atoms with Gasteiger partial charge in [-0.05, 0) is 38.1 Å². The number of amides is 2. The smallest absolute Gasteiger partial charge is 0.257 e. The second-order valence-corrected chi connectivity index (χ2v) is 5.71. The molecule has 23 heavy (non-hydrogen) atoms. The Morgan fingerprint density at radius 2 is 2.13 bits per heavy atom. The molecule has 0 aliphatic carbocycles. The van der Waals surface area contributed by atoms with Crippen LogP contribution in [0.5, 0.6) is 5.75 Å². The number of nitrogens with one attached hydrogen (secondary N) is 1. The van der Waals surface area contributed by atoms with Gasteiger partial charge in [0.2, 0.25) is 5.91 Å². The van der Waals surface area contributed by atoms with Crippen LogP contribution in [0.3, 0.4) is 0 Å². The van der Waals surface area contributed by atoms with E-state index in [4.69, 9.17) is 22.1 Å². The van der Waals surface area contributed by atoms with E-state index in [0.717, 1.165) is 0 Å². The van der Waals surface area contributed by atoms with Crippen molar-refractivity contribution < 1.29 is 14.3 Å². The number of nitrogens with two attached hydrogens (primary N) is 1. The van der Waals surface area contributed by atoms with E-state index in [1.54, 1.807) is 32.3 Å². The lowest BCUT2D eigenvalue weighted by molar-refractivity contribution is -0.121. The third kappa shape index (κ3) is 5.73. The van der Waals surface area contributed by atoms with Crippen LogP contribution < -0.4 is 15.8 Å². The lowest BCUT2D eigenvalue weighted by Gasteiger charge is -2.25. The highest BCUT2D eigenvalue weighted by atomic mass is 35.5. The molecule has 0 saturated heterocycles. The molecule has 1 atom stereocenters. The monoisotopic (exact) mass is 341 g/mol. The zero-order valence-corrected chi connectivity index (χ0v) is 14.5. The quantitative estimate of drug-likeness (QED) is 0.704. The summed E-state index contributed by atoms with van der Waals surface area (Å²) in [5.41, 5.74) is 5.86. The lowest BCUT2D eigenvalue weighted by Crippen LogP contribution is -2.38. The Bertz CT molecular complexity index is 551. The van der Waals surface area contributed by atoms with Gasteiger partial charge in [-0.25, -0.2) is 0 Å². The molecule has 7 heteroatoms. The molecular weight excluding hydrogens is 318 g/mol. The fraction of sp³-hybridized carbons (Fsp3) is 0.500. The molecule has 0 bridgehead atoms. The topological polar surface area (TPSA) is 84.7 Å². The zero-order valence-electron chi connectivity index (χ0n) is 13.8. The first kappa shape index (κ1) is 19.3. The Balaban J connectivity index is 2.90. The molecule has 1 aromatic rings. The molecule has 6 nitrogen and oxygen atoms in total. The van der Waals surface area contributed by atoms with E-state index < -0.39 is 0 Å². The molecular formula is C16H24ClN3O3. The molecule has 0 aliphatic heterocycles. The van der Waals surface area contributed by atoms with Crippen LogP contribution >= 0.6 is 11.6 Å². The van der Waals surface area contributed by atoms with Gasteiger partial charge in [-0.1, -0.05) is 11.6 Å². The minimum Gasteiger partial charge on any atom is -0.493 e. The summed E-state index contributed by atoms with van der Waals surface area (Å²) >= 11 is 5.98. The highest BCUT2D eigenvalue weighted by molar-refractivity contribution is 6.30. The molecule has 0 saturated carbocycles. The van der Waals surface area contributed by atoms with Crippen LogP contribution in [0, 0.1) is 0 Å². The summed E-state index contributed by atoms with van der Waals surface area (Å²) in [4.78, 5) is 25.7. The highest BCUT2D eigenvalue weighted by Crippen LogP contribution is 2.25. The molecule has 0 spiro atoms. The molecule has 128 valence electrons. The molecule has 0 heterocycles. The summed E-state index contributed by atoms with van der Waals surface area (Å²) in [6.07, 6.45) is 0.915. The molecule has 1 aromatic carbocycles. The van der Waals surface area contributed by atoms with E-state index >= 15 is 0 Å². The summed E-state index contributed by atoms with van der Waals surface area (Å²) in [6.45, 7) is 2.74. The van der Waals surface area contributed by atoms with Crippen LogP contribution in [0.15, 0.2) is 18.2 Å². The first-order chi connectivity index (χ1) is 10.9. The number of hydrogen-bond acceptors (Lipinski definition) is 4. The molecule has 1 rings (SSSR count). The van der Waals surface area contributed by atoms with Gasteiger partial charge in [0.25, 0.3) is 5.91 Å². The normalized spacial score (nSPS) is 11.7. The van der Waals surface area contributed by atoms with Crippen LogP contribution in [0.4, 0.5) is 0 Å². The number of rotatable bonds is 8. The number of halogens is 1. The number of carbonyl (C=O) groups is 2. The SMILES string of the molecule is CNC(=O)C[C@H](C)N(C)C(=O)c1ccc(Cl)cc1OCCCN. The Morgan fingerprint density at radius 1 is 1.43 bits per heavy atom. The first-order valence-electron chi connectivity index (χ1n) is 7.50. The van der Waals surface area contributed by atoms with Crippen LogP contribution in [0.1, 0.15) is 30.1 Å². The van der Waals surface area contributed by atoms with Crippen molar-refractivity contribution in [2.45, 2.75) is 25.8 Å². The third-order valence-corrected chi connectivity index (χ3v) is 3.76. The van der Waals surface area contributed by atoms with Crippen molar-refractivity contribution in [3.05, 3.63) is 28.8 Å². The number of benzene rings is 1. The Hall–Kier alpha value is -1.79. The number of nitrogens with zero attached hydrogens (tertiary/aromatic N) is 1. The van der Waals surface area contributed by atoms with E-state index in [9.17, 15) is 9.59 Å². The second kappa shape index (κ2) is 9.37. The molecule has 3 N–H and O–H groups in total. The maximum Gasteiger partial charge on any atom is 0.257 e. The van der Waals surface area contributed by atoms with Crippen molar-refractivity contribution in [1.82, 2.24) is 10.2 Å². The maximum absolute atomic E-state index is 12.7. The van der Waals surface area contributed by atoms with Gasteiger partial charge < -0.3 is 20.7 Å². The van der Waals surface area contributed by atoms with Crippen molar-refractivity contribution in [3.63, 3.8) is 0 Å². The minimum absolute atomic E-state index is 0.118. The molecule has 0 fully saturated rings. The van der Waals surface area contributed by atoms with E-state index in [1.807, 2.05) is 6.92 Å². The van der Waals surface area contributed by atoms with Crippen LogP contribution in [-0.4, -0.2) is 50.0 Å². The first-order valence-corrected chi connectivity index (χ1v) is 7.88. The van der Waals surface area contributed by atoms with Gasteiger partial charge >= 0.3 is 0 Å². The van der Waals surface area contributed by atoms with Crippen molar-refractivity contribution in [3.8, 4) is 5.75 Å². The average molecular weight is 342 g/mol. The van der Waals surface area contributed by atoms with Gasteiger partial charge in [0, 0.05) is 31.6 Å². The fourth-order valence-electron chi connectivity index (χ4n) is 1.96. The van der Waals surface area contributed by atoms with Crippen LogP contribution in [0.2, 0.25) is 5.02 Å². The molecule has 0 radical (unpaired) electrons. The van der Waals surface area contributed by atoms with Crippen molar-refractivity contribution >= 4 is 23.4 Å². The largest absolute Gasteiger partial charge is 0.493 e. The highest BCUT2D eigenvalue weighted by Gasteiger charge is 2.22. The minimum atomic E-state index is -0.241. The number of carbonyl (C=O) groups excluding carboxylic acids is 2. The van der Waals surface area contributed by atoms with Crippen LogP contribution in [-0.2, 0) is 4.79 Å². The summed E-state index contributed by atoms with van der Waals surface area (Å²) in [7, 11) is 3.23. The predicted octanol–water partition coefficient (Wildman–Crippen LogP) is 1.66. The Kier molecular flexibility index (Phi) is 7.85. The lowest BCUT2D eigenvalue weighted by atomic mass is 10.1. The van der Waals surface area contributed by atoms with E-state index in [1.165, 1.54) is 4.90 Å². The van der Waals surface area contributed by atoms with Gasteiger partial charge in [0.1, 0.15) is 5.75 Å². The Morgan fingerprint density at radius 3 is 2.74 bits per heavy atom. The predicted molar refractivity (Wildman–Crippen MR) is 90.9 cm³/mol. The average Bonchev–Trinajstić information content (AvgIpc) is 2.53. The van der Waals surface area contributed by atoms with Gasteiger partial charge in [0.15, 0.2) is 0 Å². The van der Waals surface area contributed by atoms with Crippen molar-refractivity contribution in [2.75, 3.05) is 27.2 Å². The standard InChI is InChI=1S/C16H24ClN3O3/c1-11(9-15(21)19-2)20(3)16(22)13-6-5-12(17)10-14(13)23-8-4-7-18/h5-6,10-11H,4,7-9,18H2,1-3H3,(H,19,21)/t11-/m0/s1. The summed E-state index contributed by atoms with van der Waals surface area (Å²) < 4.78 is 5.62. The van der Waals surface area contributed by atoms with E-state index in [-0.39, 0.29) is 24.3 Å². The number of ether oxygens (including phenoxy) is 1. The summed E-state index contributed by atoms with van der Waals surface area (Å²) in [5.74, 6) is 0.0865.